The number of hydrogen-bond acceptors (Lipinski definition) is 6. The van der Waals surface area contributed by atoms with Crippen molar-refractivity contribution in [2.24, 2.45) is 0 Å². The lowest BCUT2D eigenvalue weighted by atomic mass is 10.2. The van der Waals surface area contributed by atoms with Crippen molar-refractivity contribution in [2.45, 2.75) is 13.5 Å². The van der Waals surface area contributed by atoms with Crippen LogP contribution in [0.15, 0.2) is 36.5 Å². The first-order chi connectivity index (χ1) is 9.97. The van der Waals surface area contributed by atoms with Crippen molar-refractivity contribution in [2.75, 3.05) is 5.32 Å². The summed E-state index contributed by atoms with van der Waals surface area (Å²) in [6, 6.07) is 7.57. The molecular weight excluding hydrogens is 276 g/mol. The average molecular weight is 288 g/mol. The quantitative estimate of drug-likeness (QED) is 0.668. The van der Waals surface area contributed by atoms with Crippen LogP contribution in [0.1, 0.15) is 11.1 Å². The number of nitro benzene ring substituents is 1. The summed E-state index contributed by atoms with van der Waals surface area (Å²) in [5, 5.41) is 24.2. The van der Waals surface area contributed by atoms with Crippen molar-refractivity contribution in [3.63, 3.8) is 0 Å². The van der Waals surface area contributed by atoms with Gasteiger partial charge in [-0.25, -0.2) is 4.98 Å². The Morgan fingerprint density at radius 1 is 1.10 bits per heavy atom. The highest BCUT2D eigenvalue weighted by atomic mass is 16.6. The fourth-order valence-electron chi connectivity index (χ4n) is 1.77. The van der Waals surface area contributed by atoms with Crippen molar-refractivity contribution in [1.29, 1.82) is 0 Å². The zero-order chi connectivity index (χ0) is 15.4. The van der Waals surface area contributed by atoms with E-state index < -0.39 is 9.85 Å². The van der Waals surface area contributed by atoms with E-state index in [1.54, 1.807) is 19.1 Å². The second kappa shape index (κ2) is 5.95. The molecule has 0 radical (unpaired) electrons. The maximum atomic E-state index is 10.6. The molecule has 108 valence electrons. The van der Waals surface area contributed by atoms with E-state index in [0.29, 0.717) is 17.9 Å². The third-order valence-electron chi connectivity index (χ3n) is 2.88. The summed E-state index contributed by atoms with van der Waals surface area (Å²) in [6.07, 6.45) is 1.19. The molecule has 8 nitrogen and oxygen atoms in total. The summed E-state index contributed by atoms with van der Waals surface area (Å²) in [4.78, 5) is 24.2. The Morgan fingerprint density at radius 2 is 1.71 bits per heavy atom. The van der Waals surface area contributed by atoms with Gasteiger partial charge in [0, 0.05) is 24.7 Å². The van der Waals surface area contributed by atoms with E-state index in [4.69, 9.17) is 0 Å². The van der Waals surface area contributed by atoms with Crippen molar-refractivity contribution in [3.05, 3.63) is 67.9 Å². The van der Waals surface area contributed by atoms with Gasteiger partial charge in [0.25, 0.3) is 11.4 Å². The number of hydrogen-bond donors (Lipinski definition) is 1. The third-order valence-corrected chi connectivity index (χ3v) is 2.88. The van der Waals surface area contributed by atoms with Crippen LogP contribution in [-0.2, 0) is 6.54 Å². The van der Waals surface area contributed by atoms with Crippen molar-refractivity contribution in [3.8, 4) is 0 Å². The highest BCUT2D eigenvalue weighted by molar-refractivity contribution is 5.48. The summed E-state index contributed by atoms with van der Waals surface area (Å²) in [5.41, 5.74) is 1.48. The summed E-state index contributed by atoms with van der Waals surface area (Å²) < 4.78 is 0. The first-order valence-corrected chi connectivity index (χ1v) is 6.05. The number of nitrogens with zero attached hydrogens (tertiary/aromatic N) is 3. The summed E-state index contributed by atoms with van der Waals surface area (Å²) in [6.45, 7) is 2.14. The lowest BCUT2D eigenvalue weighted by molar-refractivity contribution is -0.385. The molecule has 0 saturated heterocycles. The number of aromatic nitrogens is 1. The van der Waals surface area contributed by atoms with Gasteiger partial charge in [-0.1, -0.05) is 12.1 Å². The standard InChI is InChI=1S/C13H12N4O4/c1-9-6-12(17(20)21)8-15-13(9)14-7-10-2-4-11(5-3-10)16(18)19/h2-6,8H,7H2,1H3,(H,14,15). The fourth-order valence-corrected chi connectivity index (χ4v) is 1.77. The Labute approximate surface area is 119 Å². The number of aryl methyl sites for hydroxylation is 1. The second-order valence-electron chi connectivity index (χ2n) is 4.39. The van der Waals surface area contributed by atoms with Gasteiger partial charge in [-0.2, -0.15) is 0 Å². The summed E-state index contributed by atoms with van der Waals surface area (Å²) in [5.74, 6) is 0.541. The topological polar surface area (TPSA) is 111 Å². The number of nitro groups is 2. The summed E-state index contributed by atoms with van der Waals surface area (Å²) >= 11 is 0. The van der Waals surface area contributed by atoms with Crippen LogP contribution in [0.5, 0.6) is 0 Å². The Bertz CT molecular complexity index is 685. The van der Waals surface area contributed by atoms with Crippen molar-refractivity contribution >= 4 is 17.2 Å². The number of pyridine rings is 1. The molecule has 0 unspecified atom stereocenters. The average Bonchev–Trinajstić information content (AvgIpc) is 2.46. The minimum Gasteiger partial charge on any atom is -0.366 e. The largest absolute Gasteiger partial charge is 0.366 e. The van der Waals surface area contributed by atoms with Crippen LogP contribution < -0.4 is 5.32 Å². The van der Waals surface area contributed by atoms with E-state index in [-0.39, 0.29) is 11.4 Å². The number of rotatable bonds is 5. The van der Waals surface area contributed by atoms with E-state index in [2.05, 4.69) is 10.3 Å². The van der Waals surface area contributed by atoms with Crippen LogP contribution in [0, 0.1) is 27.2 Å². The zero-order valence-electron chi connectivity index (χ0n) is 11.1. The number of anilines is 1. The molecule has 0 amide bonds. The monoisotopic (exact) mass is 288 g/mol. The number of nitrogens with one attached hydrogen (secondary N) is 1. The minimum absolute atomic E-state index is 0.0309. The van der Waals surface area contributed by atoms with E-state index in [0.717, 1.165) is 5.56 Å². The Morgan fingerprint density at radius 3 is 2.24 bits per heavy atom. The van der Waals surface area contributed by atoms with Crippen LogP contribution in [0.3, 0.4) is 0 Å². The first-order valence-electron chi connectivity index (χ1n) is 6.05. The molecule has 1 aromatic heterocycles. The normalized spacial score (nSPS) is 10.1. The Hall–Kier alpha value is -3.03. The maximum absolute atomic E-state index is 10.6. The SMILES string of the molecule is Cc1cc([N+](=O)[O-])cnc1NCc1ccc([N+](=O)[O-])cc1. The predicted octanol–water partition coefficient (Wildman–Crippen LogP) is 2.82. The predicted molar refractivity (Wildman–Crippen MR) is 76.1 cm³/mol. The lowest BCUT2D eigenvalue weighted by Gasteiger charge is -2.08. The van der Waals surface area contributed by atoms with Crippen molar-refractivity contribution in [1.82, 2.24) is 4.98 Å². The minimum atomic E-state index is -0.500. The van der Waals surface area contributed by atoms with Gasteiger partial charge in [-0.05, 0) is 18.1 Å². The molecule has 0 bridgehead atoms. The third kappa shape index (κ3) is 3.50. The molecule has 0 aliphatic heterocycles. The zero-order valence-corrected chi connectivity index (χ0v) is 11.1. The second-order valence-corrected chi connectivity index (χ2v) is 4.39. The molecule has 0 fully saturated rings. The maximum Gasteiger partial charge on any atom is 0.287 e. The van der Waals surface area contributed by atoms with Gasteiger partial charge in [0.05, 0.1) is 9.85 Å². The molecule has 21 heavy (non-hydrogen) atoms. The molecule has 2 aromatic rings. The molecule has 1 aromatic carbocycles. The molecule has 1 heterocycles. The van der Waals surface area contributed by atoms with Gasteiger partial charge >= 0.3 is 0 Å². The van der Waals surface area contributed by atoms with Gasteiger partial charge in [-0.3, -0.25) is 20.2 Å². The highest BCUT2D eigenvalue weighted by Crippen LogP contribution is 2.19. The number of non-ortho nitro benzene ring substituents is 1. The van der Waals surface area contributed by atoms with E-state index >= 15 is 0 Å². The number of benzene rings is 1. The van der Waals surface area contributed by atoms with Gasteiger partial charge in [-0.15, -0.1) is 0 Å². The molecule has 2 rings (SSSR count). The van der Waals surface area contributed by atoms with Gasteiger partial charge in [0.2, 0.25) is 0 Å². The van der Waals surface area contributed by atoms with Crippen LogP contribution in [-0.4, -0.2) is 14.8 Å². The Balaban J connectivity index is 2.06. The van der Waals surface area contributed by atoms with E-state index in [1.807, 2.05) is 0 Å². The molecule has 0 spiro atoms. The fraction of sp³-hybridized carbons (Fsp3) is 0.154. The van der Waals surface area contributed by atoms with Crippen LogP contribution >= 0.6 is 0 Å². The molecule has 0 saturated carbocycles. The van der Waals surface area contributed by atoms with Gasteiger partial charge < -0.3 is 5.32 Å². The van der Waals surface area contributed by atoms with Crippen LogP contribution in [0.4, 0.5) is 17.2 Å². The van der Waals surface area contributed by atoms with E-state index in [1.165, 1.54) is 24.4 Å². The van der Waals surface area contributed by atoms with Crippen LogP contribution in [0.2, 0.25) is 0 Å². The first kappa shape index (κ1) is 14.4. The van der Waals surface area contributed by atoms with Crippen molar-refractivity contribution < 1.29 is 9.85 Å². The lowest BCUT2D eigenvalue weighted by Crippen LogP contribution is -2.04. The van der Waals surface area contributed by atoms with Crippen LogP contribution in [0.25, 0.3) is 0 Å². The molecule has 8 heteroatoms. The smallest absolute Gasteiger partial charge is 0.287 e. The summed E-state index contributed by atoms with van der Waals surface area (Å²) in [7, 11) is 0. The van der Waals surface area contributed by atoms with Gasteiger partial charge in [0.1, 0.15) is 12.0 Å². The highest BCUT2D eigenvalue weighted by Gasteiger charge is 2.09. The van der Waals surface area contributed by atoms with E-state index in [9.17, 15) is 20.2 Å². The molecule has 0 atom stereocenters. The molecule has 1 N–H and O–H groups in total. The molecular formula is C13H12N4O4. The molecule has 0 aliphatic carbocycles. The molecule has 0 aliphatic rings. The Kier molecular flexibility index (Phi) is 4.07. The van der Waals surface area contributed by atoms with Gasteiger partial charge in [0.15, 0.2) is 0 Å².